The van der Waals surface area contributed by atoms with Gasteiger partial charge in [0.05, 0.1) is 6.10 Å². The Kier molecular flexibility index (Phi) is 7.05. The van der Waals surface area contributed by atoms with Gasteiger partial charge in [-0.1, -0.05) is 55.8 Å². The summed E-state index contributed by atoms with van der Waals surface area (Å²) in [6.07, 6.45) is 1.20. The van der Waals surface area contributed by atoms with Crippen LogP contribution < -0.4 is 5.32 Å². The highest BCUT2D eigenvalue weighted by molar-refractivity contribution is 9.10. The molecule has 3 heteroatoms. The third kappa shape index (κ3) is 7.09. The smallest absolute Gasteiger partial charge is 0.0949 e. The molecule has 0 aliphatic carbocycles. The fourth-order valence-corrected chi connectivity index (χ4v) is 2.18. The molecule has 108 valence electrons. The maximum absolute atomic E-state index is 6.08. The third-order valence-corrected chi connectivity index (χ3v) is 3.46. The Morgan fingerprint density at radius 3 is 2.63 bits per heavy atom. The monoisotopic (exact) mass is 327 g/mol. The molecule has 0 aliphatic rings. The van der Waals surface area contributed by atoms with Crippen LogP contribution in [0.2, 0.25) is 0 Å². The van der Waals surface area contributed by atoms with Crippen LogP contribution in [0.5, 0.6) is 0 Å². The first-order valence-electron chi connectivity index (χ1n) is 7.00. The van der Waals surface area contributed by atoms with Crippen molar-refractivity contribution in [2.24, 2.45) is 5.41 Å². The minimum atomic E-state index is 0.125. The molecule has 0 saturated carbocycles. The quantitative estimate of drug-likeness (QED) is 0.793. The molecule has 0 aliphatic heterocycles. The van der Waals surface area contributed by atoms with Crippen molar-refractivity contribution in [2.75, 3.05) is 19.7 Å². The van der Waals surface area contributed by atoms with Crippen molar-refractivity contribution in [1.82, 2.24) is 5.32 Å². The zero-order valence-electron chi connectivity index (χ0n) is 12.5. The first-order chi connectivity index (χ1) is 8.92. The summed E-state index contributed by atoms with van der Waals surface area (Å²) in [4.78, 5) is 0. The molecule has 1 atom stereocenters. The Balaban J connectivity index is 2.61. The average Bonchev–Trinajstić information content (AvgIpc) is 2.32. The summed E-state index contributed by atoms with van der Waals surface area (Å²) in [5, 5.41) is 3.37. The standard InChI is InChI=1S/C16H26BrNO/c1-5-18-12-15(19-10-9-16(2,3)4)13-7-6-8-14(17)11-13/h6-8,11,15,18H,5,9-10,12H2,1-4H3. The summed E-state index contributed by atoms with van der Waals surface area (Å²) >= 11 is 3.52. The minimum absolute atomic E-state index is 0.125. The van der Waals surface area contributed by atoms with E-state index in [9.17, 15) is 0 Å². The van der Waals surface area contributed by atoms with Crippen LogP contribution >= 0.6 is 15.9 Å². The SMILES string of the molecule is CCNCC(OCCC(C)(C)C)c1cccc(Br)c1. The minimum Gasteiger partial charge on any atom is -0.372 e. The maximum Gasteiger partial charge on any atom is 0.0949 e. The van der Waals surface area contributed by atoms with Crippen LogP contribution in [0.4, 0.5) is 0 Å². The van der Waals surface area contributed by atoms with E-state index in [1.807, 2.05) is 6.07 Å². The van der Waals surface area contributed by atoms with Crippen molar-refractivity contribution in [3.63, 3.8) is 0 Å². The van der Waals surface area contributed by atoms with E-state index >= 15 is 0 Å². The second kappa shape index (κ2) is 8.03. The summed E-state index contributed by atoms with van der Waals surface area (Å²) in [5.74, 6) is 0. The van der Waals surface area contributed by atoms with E-state index in [-0.39, 0.29) is 6.10 Å². The van der Waals surface area contributed by atoms with E-state index in [2.05, 4.69) is 67.1 Å². The molecule has 1 rings (SSSR count). The largest absolute Gasteiger partial charge is 0.372 e. The summed E-state index contributed by atoms with van der Waals surface area (Å²) in [6, 6.07) is 8.37. The Bertz CT molecular complexity index is 373. The fraction of sp³-hybridized carbons (Fsp3) is 0.625. The molecular formula is C16H26BrNO. The Morgan fingerprint density at radius 1 is 1.32 bits per heavy atom. The van der Waals surface area contributed by atoms with E-state index in [0.29, 0.717) is 5.41 Å². The number of halogens is 1. The van der Waals surface area contributed by atoms with Crippen LogP contribution in [0.25, 0.3) is 0 Å². The summed E-state index contributed by atoms with van der Waals surface area (Å²) in [6.45, 7) is 11.5. The molecule has 0 radical (unpaired) electrons. The van der Waals surface area contributed by atoms with E-state index in [0.717, 1.165) is 30.6 Å². The number of rotatable bonds is 7. The van der Waals surface area contributed by atoms with Gasteiger partial charge in [-0.05, 0) is 36.1 Å². The van der Waals surface area contributed by atoms with Crippen LogP contribution in [0.1, 0.15) is 45.8 Å². The Labute approximate surface area is 126 Å². The molecular weight excluding hydrogens is 302 g/mol. The van der Waals surface area contributed by atoms with Crippen molar-refractivity contribution >= 4 is 15.9 Å². The molecule has 19 heavy (non-hydrogen) atoms. The van der Waals surface area contributed by atoms with Crippen molar-refractivity contribution in [3.8, 4) is 0 Å². The van der Waals surface area contributed by atoms with Gasteiger partial charge in [0.25, 0.3) is 0 Å². The lowest BCUT2D eigenvalue weighted by atomic mass is 9.93. The van der Waals surface area contributed by atoms with E-state index < -0.39 is 0 Å². The van der Waals surface area contributed by atoms with Crippen LogP contribution in [0.3, 0.4) is 0 Å². The highest BCUT2D eigenvalue weighted by Gasteiger charge is 2.15. The third-order valence-electron chi connectivity index (χ3n) is 2.97. The molecule has 1 N–H and O–H groups in total. The van der Waals surface area contributed by atoms with Gasteiger partial charge in [0.15, 0.2) is 0 Å². The lowest BCUT2D eigenvalue weighted by Crippen LogP contribution is -2.24. The predicted octanol–water partition coefficient (Wildman–Crippen LogP) is 4.55. The van der Waals surface area contributed by atoms with E-state index in [1.54, 1.807) is 0 Å². The molecule has 0 amide bonds. The van der Waals surface area contributed by atoms with Gasteiger partial charge < -0.3 is 10.1 Å². The van der Waals surface area contributed by atoms with Crippen LogP contribution in [0.15, 0.2) is 28.7 Å². The maximum atomic E-state index is 6.08. The molecule has 0 aromatic heterocycles. The number of benzene rings is 1. The number of hydrogen-bond donors (Lipinski definition) is 1. The van der Waals surface area contributed by atoms with Gasteiger partial charge in [-0.25, -0.2) is 0 Å². The first-order valence-corrected chi connectivity index (χ1v) is 7.79. The summed E-state index contributed by atoms with van der Waals surface area (Å²) < 4.78 is 7.18. The van der Waals surface area contributed by atoms with Gasteiger partial charge in [-0.3, -0.25) is 0 Å². The molecule has 0 bridgehead atoms. The second-order valence-electron chi connectivity index (χ2n) is 6.03. The summed E-state index contributed by atoms with van der Waals surface area (Å²) in [5.41, 5.74) is 1.55. The van der Waals surface area contributed by atoms with Gasteiger partial charge in [-0.15, -0.1) is 0 Å². The van der Waals surface area contributed by atoms with Gasteiger partial charge in [-0.2, -0.15) is 0 Å². The normalized spacial score (nSPS) is 13.5. The number of ether oxygens (including phenoxy) is 1. The van der Waals surface area contributed by atoms with Crippen LogP contribution in [-0.2, 0) is 4.74 Å². The zero-order valence-corrected chi connectivity index (χ0v) is 14.1. The molecule has 0 spiro atoms. The zero-order chi connectivity index (χ0) is 14.3. The van der Waals surface area contributed by atoms with Gasteiger partial charge in [0, 0.05) is 17.6 Å². The predicted molar refractivity (Wildman–Crippen MR) is 85.5 cm³/mol. The molecule has 1 aromatic carbocycles. The molecule has 0 heterocycles. The lowest BCUT2D eigenvalue weighted by Gasteiger charge is -2.23. The summed E-state index contributed by atoms with van der Waals surface area (Å²) in [7, 11) is 0. The van der Waals surface area contributed by atoms with E-state index in [1.165, 1.54) is 5.56 Å². The van der Waals surface area contributed by atoms with Crippen molar-refractivity contribution in [3.05, 3.63) is 34.3 Å². The van der Waals surface area contributed by atoms with Crippen molar-refractivity contribution in [1.29, 1.82) is 0 Å². The highest BCUT2D eigenvalue weighted by Crippen LogP contribution is 2.24. The van der Waals surface area contributed by atoms with Crippen molar-refractivity contribution < 1.29 is 4.74 Å². The number of hydrogen-bond acceptors (Lipinski definition) is 2. The van der Waals surface area contributed by atoms with Crippen LogP contribution in [0, 0.1) is 5.41 Å². The molecule has 1 unspecified atom stereocenters. The molecule has 0 fully saturated rings. The molecule has 2 nitrogen and oxygen atoms in total. The van der Waals surface area contributed by atoms with Crippen LogP contribution in [-0.4, -0.2) is 19.7 Å². The first kappa shape index (κ1) is 16.7. The fourth-order valence-electron chi connectivity index (χ4n) is 1.76. The topological polar surface area (TPSA) is 21.3 Å². The number of likely N-dealkylation sites (N-methyl/N-ethyl adjacent to an activating group) is 1. The lowest BCUT2D eigenvalue weighted by molar-refractivity contribution is 0.0372. The highest BCUT2D eigenvalue weighted by atomic mass is 79.9. The van der Waals surface area contributed by atoms with Gasteiger partial charge in [0.2, 0.25) is 0 Å². The van der Waals surface area contributed by atoms with Crippen molar-refractivity contribution in [2.45, 2.75) is 40.2 Å². The van der Waals surface area contributed by atoms with Gasteiger partial charge >= 0.3 is 0 Å². The molecule has 0 saturated heterocycles. The van der Waals surface area contributed by atoms with E-state index in [4.69, 9.17) is 4.74 Å². The average molecular weight is 328 g/mol. The Morgan fingerprint density at radius 2 is 2.05 bits per heavy atom. The van der Waals surface area contributed by atoms with Gasteiger partial charge in [0.1, 0.15) is 0 Å². The Hall–Kier alpha value is -0.380. The number of nitrogens with one attached hydrogen (secondary N) is 1. The second-order valence-corrected chi connectivity index (χ2v) is 6.95. The molecule has 1 aromatic rings.